The number of hydrogen-bond acceptors (Lipinski definition) is 4. The summed E-state index contributed by atoms with van der Waals surface area (Å²) in [6.45, 7) is 5.47. The van der Waals surface area contributed by atoms with E-state index in [-0.39, 0.29) is 11.9 Å². The number of amides is 1. The molecule has 0 radical (unpaired) electrons. The summed E-state index contributed by atoms with van der Waals surface area (Å²) in [5.41, 5.74) is 2.95. The molecule has 4 rings (SSSR count). The molecule has 0 saturated carbocycles. The van der Waals surface area contributed by atoms with Gasteiger partial charge in [-0.05, 0) is 66.4 Å². The molecule has 2 N–H and O–H groups in total. The van der Waals surface area contributed by atoms with E-state index in [2.05, 4.69) is 24.1 Å². The summed E-state index contributed by atoms with van der Waals surface area (Å²) in [7, 11) is 0. The van der Waals surface area contributed by atoms with E-state index in [1.165, 1.54) is 16.9 Å². The molecule has 6 heteroatoms. The van der Waals surface area contributed by atoms with Crippen LogP contribution in [0.5, 0.6) is 0 Å². The molecule has 0 bridgehead atoms. The molecule has 1 atom stereocenters. The van der Waals surface area contributed by atoms with Gasteiger partial charge in [0.25, 0.3) is 0 Å². The number of carboxylic acids is 1. The Morgan fingerprint density at radius 1 is 1.16 bits per heavy atom. The van der Waals surface area contributed by atoms with Crippen molar-refractivity contribution in [3.8, 4) is 0 Å². The van der Waals surface area contributed by atoms with Gasteiger partial charge in [0.15, 0.2) is 0 Å². The number of rotatable bonds is 7. The van der Waals surface area contributed by atoms with E-state index in [0.29, 0.717) is 23.8 Å². The number of fused-ring (bicyclic) bond motifs is 1. The lowest BCUT2D eigenvalue weighted by molar-refractivity contribution is -0.117. The summed E-state index contributed by atoms with van der Waals surface area (Å²) in [5, 5.41) is 13.7. The molecule has 5 nitrogen and oxygen atoms in total. The van der Waals surface area contributed by atoms with Crippen LogP contribution in [0.15, 0.2) is 48.5 Å². The second-order valence-electron chi connectivity index (χ2n) is 8.51. The van der Waals surface area contributed by atoms with Crippen molar-refractivity contribution in [2.45, 2.75) is 45.1 Å². The molecule has 1 aliphatic heterocycles. The Balaban J connectivity index is 1.45. The number of likely N-dealkylation sites (tertiary alicyclic amines) is 1. The van der Waals surface area contributed by atoms with Crippen molar-refractivity contribution in [1.82, 2.24) is 4.90 Å². The van der Waals surface area contributed by atoms with E-state index >= 15 is 0 Å². The van der Waals surface area contributed by atoms with E-state index in [4.69, 9.17) is 0 Å². The highest BCUT2D eigenvalue weighted by Gasteiger charge is 2.29. The molecule has 1 aromatic heterocycles. The van der Waals surface area contributed by atoms with Crippen molar-refractivity contribution in [3.05, 3.63) is 64.5 Å². The second kappa shape index (κ2) is 9.20. The maximum atomic E-state index is 12.7. The van der Waals surface area contributed by atoms with E-state index in [1.807, 2.05) is 48.5 Å². The molecule has 0 spiro atoms. The van der Waals surface area contributed by atoms with Gasteiger partial charge in [-0.1, -0.05) is 44.2 Å². The van der Waals surface area contributed by atoms with Gasteiger partial charge in [0, 0.05) is 16.4 Å². The van der Waals surface area contributed by atoms with Crippen LogP contribution in [0.1, 0.15) is 53.4 Å². The first-order valence-electron chi connectivity index (χ1n) is 10.8. The molecule has 1 fully saturated rings. The molecule has 0 unspecified atom stereocenters. The SMILES string of the molecule is CC(C)c1ccc(NC(=O)CN2CCC[C@H]2Cc2c(C(=O)O)sc3ccccc23)cc1. The third kappa shape index (κ3) is 4.81. The average Bonchev–Trinajstić information content (AvgIpc) is 3.33. The summed E-state index contributed by atoms with van der Waals surface area (Å²) in [5.74, 6) is -0.444. The highest BCUT2D eigenvalue weighted by molar-refractivity contribution is 7.21. The third-order valence-corrected chi connectivity index (χ3v) is 7.24. The number of aromatic carboxylic acids is 1. The average molecular weight is 437 g/mol. The molecule has 1 amide bonds. The lowest BCUT2D eigenvalue weighted by Crippen LogP contribution is -2.38. The molecule has 2 aromatic carbocycles. The molecule has 31 heavy (non-hydrogen) atoms. The van der Waals surface area contributed by atoms with Crippen LogP contribution in [0.2, 0.25) is 0 Å². The van der Waals surface area contributed by atoms with Gasteiger partial charge in [0.1, 0.15) is 4.88 Å². The number of nitrogens with one attached hydrogen (secondary N) is 1. The topological polar surface area (TPSA) is 69.6 Å². The first kappa shape index (κ1) is 21.5. The Hall–Kier alpha value is -2.70. The van der Waals surface area contributed by atoms with Crippen molar-refractivity contribution in [3.63, 3.8) is 0 Å². The number of carbonyl (C=O) groups is 2. The van der Waals surface area contributed by atoms with Crippen LogP contribution in [0.4, 0.5) is 5.69 Å². The van der Waals surface area contributed by atoms with Gasteiger partial charge in [0.2, 0.25) is 5.91 Å². The van der Waals surface area contributed by atoms with Crippen molar-refractivity contribution < 1.29 is 14.7 Å². The number of thiophene rings is 1. The zero-order valence-electron chi connectivity index (χ0n) is 17.9. The van der Waals surface area contributed by atoms with Crippen LogP contribution in [0, 0.1) is 0 Å². The predicted molar refractivity (Wildman–Crippen MR) is 126 cm³/mol. The van der Waals surface area contributed by atoms with Crippen molar-refractivity contribution in [2.24, 2.45) is 0 Å². The largest absolute Gasteiger partial charge is 0.477 e. The molecule has 0 aliphatic carbocycles. The maximum Gasteiger partial charge on any atom is 0.346 e. The zero-order chi connectivity index (χ0) is 22.0. The third-order valence-electron chi connectivity index (χ3n) is 6.04. The van der Waals surface area contributed by atoms with E-state index in [1.54, 1.807) is 0 Å². The van der Waals surface area contributed by atoms with Crippen LogP contribution in [0.25, 0.3) is 10.1 Å². The number of nitrogens with zero attached hydrogens (tertiary/aromatic N) is 1. The van der Waals surface area contributed by atoms with E-state index in [9.17, 15) is 14.7 Å². The van der Waals surface area contributed by atoms with Crippen LogP contribution in [-0.2, 0) is 11.2 Å². The fraction of sp³-hybridized carbons (Fsp3) is 0.360. The van der Waals surface area contributed by atoms with Crippen LogP contribution in [0.3, 0.4) is 0 Å². The fourth-order valence-electron chi connectivity index (χ4n) is 4.38. The number of anilines is 1. The first-order chi connectivity index (χ1) is 14.9. The van der Waals surface area contributed by atoms with Gasteiger partial charge in [-0.25, -0.2) is 4.79 Å². The molecule has 1 aliphatic rings. The minimum absolute atomic E-state index is 0.0298. The molecule has 3 aromatic rings. The fourth-order valence-corrected chi connectivity index (χ4v) is 5.45. The quantitative estimate of drug-likeness (QED) is 0.522. The summed E-state index contributed by atoms with van der Waals surface area (Å²) in [6.07, 6.45) is 2.65. The van der Waals surface area contributed by atoms with Crippen LogP contribution in [-0.4, -0.2) is 41.0 Å². The minimum atomic E-state index is -0.872. The molecule has 1 saturated heterocycles. The number of hydrogen-bond donors (Lipinski definition) is 2. The highest BCUT2D eigenvalue weighted by atomic mass is 32.1. The van der Waals surface area contributed by atoms with Crippen molar-refractivity contribution in [1.29, 1.82) is 0 Å². The Kier molecular flexibility index (Phi) is 6.39. The Labute approximate surface area is 186 Å². The maximum absolute atomic E-state index is 12.7. The van der Waals surface area contributed by atoms with Crippen molar-refractivity contribution in [2.75, 3.05) is 18.4 Å². The monoisotopic (exact) mass is 436 g/mol. The summed E-state index contributed by atoms with van der Waals surface area (Å²) < 4.78 is 1.00. The summed E-state index contributed by atoms with van der Waals surface area (Å²) >= 11 is 1.34. The van der Waals surface area contributed by atoms with Gasteiger partial charge in [-0.15, -0.1) is 11.3 Å². The Morgan fingerprint density at radius 3 is 2.61 bits per heavy atom. The van der Waals surface area contributed by atoms with Crippen LogP contribution < -0.4 is 5.32 Å². The minimum Gasteiger partial charge on any atom is -0.477 e. The normalized spacial score (nSPS) is 16.8. The summed E-state index contributed by atoms with van der Waals surface area (Å²) in [6, 6.07) is 16.0. The van der Waals surface area contributed by atoms with E-state index < -0.39 is 5.97 Å². The smallest absolute Gasteiger partial charge is 0.346 e. The number of benzene rings is 2. The lowest BCUT2D eigenvalue weighted by Gasteiger charge is -2.24. The van der Waals surface area contributed by atoms with Gasteiger partial charge in [-0.3, -0.25) is 9.69 Å². The van der Waals surface area contributed by atoms with Crippen molar-refractivity contribution >= 4 is 39.0 Å². The lowest BCUT2D eigenvalue weighted by atomic mass is 10.0. The second-order valence-corrected chi connectivity index (χ2v) is 9.56. The number of carbonyl (C=O) groups excluding carboxylic acids is 1. The molecular formula is C25H28N2O3S. The zero-order valence-corrected chi connectivity index (χ0v) is 18.7. The highest BCUT2D eigenvalue weighted by Crippen LogP contribution is 2.34. The van der Waals surface area contributed by atoms with Gasteiger partial charge < -0.3 is 10.4 Å². The van der Waals surface area contributed by atoms with Gasteiger partial charge >= 0.3 is 5.97 Å². The van der Waals surface area contributed by atoms with Crippen LogP contribution >= 0.6 is 11.3 Å². The Bertz CT molecular complexity index is 1090. The number of carboxylic acid groups (broad SMARTS) is 1. The summed E-state index contributed by atoms with van der Waals surface area (Å²) in [4.78, 5) is 27.1. The first-order valence-corrected chi connectivity index (χ1v) is 11.6. The van der Waals surface area contributed by atoms with Gasteiger partial charge in [-0.2, -0.15) is 0 Å². The molecular weight excluding hydrogens is 408 g/mol. The molecule has 2 heterocycles. The van der Waals surface area contributed by atoms with E-state index in [0.717, 1.165) is 40.7 Å². The molecule has 162 valence electrons. The Morgan fingerprint density at radius 2 is 1.90 bits per heavy atom. The standard InChI is InChI=1S/C25H28N2O3S/c1-16(2)17-9-11-18(12-10-17)26-23(28)15-27-13-5-6-19(27)14-21-20-7-3-4-8-22(20)31-24(21)25(29)30/h3-4,7-12,16,19H,5-6,13-15H2,1-2H3,(H,26,28)(H,29,30)/t19-/m0/s1. The van der Waals surface area contributed by atoms with Gasteiger partial charge in [0.05, 0.1) is 6.54 Å². The predicted octanol–water partition coefficient (Wildman–Crippen LogP) is 5.37.